The van der Waals surface area contributed by atoms with Gasteiger partial charge in [-0.2, -0.15) is 0 Å². The first kappa shape index (κ1) is 41.6. The number of carboxylic acid groups (broad SMARTS) is 1. The monoisotopic (exact) mass is 567 g/mol. The molecule has 0 bridgehead atoms. The second-order valence-electron chi connectivity index (χ2n) is 13.2. The van der Waals surface area contributed by atoms with E-state index in [9.17, 15) is 4.79 Å². The molecule has 0 spiro atoms. The molecule has 0 saturated carbocycles. The van der Waals surface area contributed by atoms with Gasteiger partial charge in [0.2, 0.25) is 0 Å². The van der Waals surface area contributed by atoms with Crippen molar-refractivity contribution in [2.75, 3.05) is 0 Å². The molecule has 0 saturated heterocycles. The van der Waals surface area contributed by atoms with Crippen molar-refractivity contribution in [3.63, 3.8) is 0 Å². The van der Waals surface area contributed by atoms with Crippen LogP contribution in [0.1, 0.15) is 233 Å². The third-order valence-corrected chi connectivity index (χ3v) is 8.38. The van der Waals surface area contributed by atoms with Crippen molar-refractivity contribution in [3.8, 4) is 0 Å². The van der Waals surface area contributed by atoms with Crippen molar-refractivity contribution < 1.29 is 9.90 Å². The van der Waals surface area contributed by atoms with E-state index in [2.05, 4.69) is 27.7 Å². The van der Waals surface area contributed by atoms with Gasteiger partial charge in [-0.15, -0.1) is 0 Å². The standard InChI is InChI=1S/C22H44O2.C16H34/c1-2-3-4-5-6-7-8-9-10-11-12-13-14-15-16-17-18-19-20-21-22(23)24;1-4-5-6-7-8-9-10-11-12-13-14-15-16(2)3/h2-21H2,1H3,(H,23,24);16H,4-15H2,1-3H3. The molecule has 0 amide bonds. The van der Waals surface area contributed by atoms with Crippen molar-refractivity contribution in [1.29, 1.82) is 0 Å². The summed E-state index contributed by atoms with van der Waals surface area (Å²) in [7, 11) is 0. The minimum absolute atomic E-state index is 0.346. The Morgan fingerprint density at radius 2 is 0.625 bits per heavy atom. The van der Waals surface area contributed by atoms with E-state index >= 15 is 0 Å². The molecular weight excluding hydrogens is 488 g/mol. The number of rotatable bonds is 32. The lowest BCUT2D eigenvalue weighted by Gasteiger charge is -2.04. The normalized spacial score (nSPS) is 11.1. The minimum Gasteiger partial charge on any atom is -0.481 e. The molecule has 0 aliphatic rings. The van der Waals surface area contributed by atoms with Gasteiger partial charge >= 0.3 is 5.97 Å². The highest BCUT2D eigenvalue weighted by atomic mass is 16.4. The van der Waals surface area contributed by atoms with Crippen molar-refractivity contribution in [1.82, 2.24) is 0 Å². The number of unbranched alkanes of at least 4 members (excludes halogenated alkanes) is 28. The highest BCUT2D eigenvalue weighted by molar-refractivity contribution is 5.66. The van der Waals surface area contributed by atoms with Gasteiger partial charge < -0.3 is 5.11 Å². The summed E-state index contributed by atoms with van der Waals surface area (Å²) in [6.45, 7) is 9.23. The maximum absolute atomic E-state index is 10.4. The molecule has 0 aromatic rings. The molecule has 2 nitrogen and oxygen atoms in total. The molecule has 40 heavy (non-hydrogen) atoms. The van der Waals surface area contributed by atoms with Crippen LogP contribution in [0.25, 0.3) is 0 Å². The average Bonchev–Trinajstić information content (AvgIpc) is 2.93. The van der Waals surface area contributed by atoms with E-state index in [-0.39, 0.29) is 0 Å². The van der Waals surface area contributed by atoms with E-state index in [1.807, 2.05) is 0 Å². The van der Waals surface area contributed by atoms with Crippen LogP contribution in [0, 0.1) is 5.92 Å². The predicted molar refractivity (Wildman–Crippen MR) is 182 cm³/mol. The Kier molecular flexibility index (Phi) is 40.0. The number of hydrogen-bond donors (Lipinski definition) is 1. The summed E-state index contributed by atoms with van der Waals surface area (Å²) in [5, 5.41) is 8.56. The Morgan fingerprint density at radius 1 is 0.400 bits per heavy atom. The second-order valence-corrected chi connectivity index (χ2v) is 13.2. The van der Waals surface area contributed by atoms with Gasteiger partial charge in [0, 0.05) is 6.42 Å². The molecule has 0 aliphatic heterocycles. The smallest absolute Gasteiger partial charge is 0.303 e. The molecule has 0 rings (SSSR count). The van der Waals surface area contributed by atoms with E-state index in [1.165, 1.54) is 186 Å². The molecule has 0 aliphatic carbocycles. The molecule has 2 heteroatoms. The van der Waals surface area contributed by atoms with Gasteiger partial charge in [-0.05, 0) is 12.3 Å². The molecule has 0 aromatic heterocycles. The Labute approximate surface area is 254 Å². The van der Waals surface area contributed by atoms with Gasteiger partial charge in [-0.1, -0.05) is 220 Å². The average molecular weight is 567 g/mol. The van der Waals surface area contributed by atoms with Gasteiger partial charge in [0.25, 0.3) is 0 Å². The summed E-state index contributed by atoms with van der Waals surface area (Å²) in [4.78, 5) is 10.4. The number of hydrogen-bond acceptors (Lipinski definition) is 1. The van der Waals surface area contributed by atoms with Crippen LogP contribution >= 0.6 is 0 Å². The predicted octanol–water partition coefficient (Wildman–Crippen LogP) is 14.2. The van der Waals surface area contributed by atoms with Crippen molar-refractivity contribution in [2.24, 2.45) is 5.92 Å². The first-order chi connectivity index (χ1) is 19.5. The summed E-state index contributed by atoms with van der Waals surface area (Å²) in [5.41, 5.74) is 0. The molecule has 0 atom stereocenters. The molecular formula is C38H78O2. The van der Waals surface area contributed by atoms with E-state index in [0.717, 1.165) is 18.8 Å². The van der Waals surface area contributed by atoms with Crippen LogP contribution in [0.4, 0.5) is 0 Å². The summed E-state index contributed by atoms with van der Waals surface area (Å²) >= 11 is 0. The third kappa shape index (κ3) is 44.5. The third-order valence-electron chi connectivity index (χ3n) is 8.38. The van der Waals surface area contributed by atoms with Crippen molar-refractivity contribution in [2.45, 2.75) is 233 Å². The lowest BCUT2D eigenvalue weighted by Crippen LogP contribution is -1.93. The van der Waals surface area contributed by atoms with Crippen LogP contribution in [0.15, 0.2) is 0 Å². The second kappa shape index (κ2) is 38.5. The zero-order valence-electron chi connectivity index (χ0n) is 28.6. The fourth-order valence-electron chi connectivity index (χ4n) is 5.57. The lowest BCUT2D eigenvalue weighted by molar-refractivity contribution is -0.137. The maximum atomic E-state index is 10.4. The van der Waals surface area contributed by atoms with Crippen LogP contribution in [0.3, 0.4) is 0 Å². The fraction of sp³-hybridized carbons (Fsp3) is 0.974. The number of aliphatic carboxylic acids is 1. The lowest BCUT2D eigenvalue weighted by atomic mass is 10.0. The van der Waals surface area contributed by atoms with Gasteiger partial charge in [0.15, 0.2) is 0 Å². The first-order valence-corrected chi connectivity index (χ1v) is 18.8. The quantitative estimate of drug-likeness (QED) is 0.0822. The summed E-state index contributed by atoms with van der Waals surface area (Å²) in [5.74, 6) is 0.250. The van der Waals surface area contributed by atoms with E-state index in [0.29, 0.717) is 6.42 Å². The summed E-state index contributed by atoms with van der Waals surface area (Å²) in [6, 6.07) is 0. The maximum Gasteiger partial charge on any atom is 0.303 e. The topological polar surface area (TPSA) is 37.3 Å². The fourth-order valence-corrected chi connectivity index (χ4v) is 5.57. The van der Waals surface area contributed by atoms with Crippen LogP contribution in [-0.2, 0) is 4.79 Å². The van der Waals surface area contributed by atoms with Crippen LogP contribution in [0.5, 0.6) is 0 Å². The first-order valence-electron chi connectivity index (χ1n) is 18.8. The zero-order chi connectivity index (χ0) is 29.8. The summed E-state index contributed by atoms with van der Waals surface area (Å²) < 4.78 is 0. The van der Waals surface area contributed by atoms with E-state index in [1.54, 1.807) is 0 Å². The van der Waals surface area contributed by atoms with Crippen molar-refractivity contribution in [3.05, 3.63) is 0 Å². The minimum atomic E-state index is -0.651. The molecule has 0 aromatic carbocycles. The Bertz CT molecular complexity index is 445. The largest absolute Gasteiger partial charge is 0.481 e. The van der Waals surface area contributed by atoms with Crippen molar-refractivity contribution >= 4 is 5.97 Å². The molecule has 0 heterocycles. The van der Waals surface area contributed by atoms with Crippen LogP contribution in [-0.4, -0.2) is 11.1 Å². The molecule has 0 unspecified atom stereocenters. The Balaban J connectivity index is 0. The van der Waals surface area contributed by atoms with Crippen LogP contribution < -0.4 is 0 Å². The molecule has 0 fully saturated rings. The molecule has 0 radical (unpaired) electrons. The van der Waals surface area contributed by atoms with E-state index in [4.69, 9.17) is 5.11 Å². The SMILES string of the molecule is CCCCCCCCCCCCCC(C)C.CCCCCCCCCCCCCCCCCCCCCC(=O)O. The van der Waals surface area contributed by atoms with Crippen LogP contribution in [0.2, 0.25) is 0 Å². The number of carbonyl (C=O) groups is 1. The Morgan fingerprint density at radius 3 is 0.850 bits per heavy atom. The highest BCUT2D eigenvalue weighted by Gasteiger charge is 1.98. The van der Waals surface area contributed by atoms with Gasteiger partial charge in [-0.25, -0.2) is 0 Å². The highest BCUT2D eigenvalue weighted by Crippen LogP contribution is 2.15. The zero-order valence-corrected chi connectivity index (χ0v) is 28.6. The Hall–Kier alpha value is -0.530. The summed E-state index contributed by atoms with van der Waals surface area (Å²) in [6.07, 6.45) is 43.6. The number of carboxylic acids is 1. The van der Waals surface area contributed by atoms with E-state index < -0.39 is 5.97 Å². The molecule has 242 valence electrons. The molecule has 1 N–H and O–H groups in total. The van der Waals surface area contributed by atoms with Gasteiger partial charge in [-0.3, -0.25) is 4.79 Å². The van der Waals surface area contributed by atoms with Gasteiger partial charge in [0.05, 0.1) is 0 Å². The van der Waals surface area contributed by atoms with Gasteiger partial charge in [0.1, 0.15) is 0 Å².